The van der Waals surface area contributed by atoms with Crippen LogP contribution in [0.2, 0.25) is 5.02 Å². The van der Waals surface area contributed by atoms with Gasteiger partial charge in [0.05, 0.1) is 6.20 Å². The molecule has 0 saturated heterocycles. The van der Waals surface area contributed by atoms with Gasteiger partial charge in [0.25, 0.3) is 5.91 Å². The molecular formula is C27H33ClN4O. The van der Waals surface area contributed by atoms with Gasteiger partial charge in [0.2, 0.25) is 0 Å². The van der Waals surface area contributed by atoms with Gasteiger partial charge in [-0.2, -0.15) is 5.10 Å². The highest BCUT2D eigenvalue weighted by Gasteiger charge is 2.27. The Morgan fingerprint density at radius 2 is 1.70 bits per heavy atom. The first-order valence-electron chi connectivity index (χ1n) is 11.7. The van der Waals surface area contributed by atoms with E-state index in [-0.39, 0.29) is 5.91 Å². The summed E-state index contributed by atoms with van der Waals surface area (Å²) in [6.45, 7) is 0.962. The van der Waals surface area contributed by atoms with Crippen LogP contribution in [0.1, 0.15) is 53.1 Å². The molecule has 0 radical (unpaired) electrons. The van der Waals surface area contributed by atoms with Crippen LogP contribution in [0.25, 0.3) is 0 Å². The first-order valence-corrected chi connectivity index (χ1v) is 12.1. The van der Waals surface area contributed by atoms with Crippen LogP contribution in [0.4, 0.5) is 5.69 Å². The number of carbonyl (C=O) groups excluding carboxylic acids is 1. The zero-order chi connectivity index (χ0) is 23.4. The van der Waals surface area contributed by atoms with Crippen LogP contribution in [0.5, 0.6) is 0 Å². The number of anilines is 1. The first-order chi connectivity index (χ1) is 15.9. The molecule has 1 amide bonds. The van der Waals surface area contributed by atoms with E-state index < -0.39 is 0 Å². The third-order valence-electron chi connectivity index (χ3n) is 6.96. The molecule has 6 heteroatoms. The molecule has 0 spiro atoms. The molecule has 0 aliphatic heterocycles. The van der Waals surface area contributed by atoms with Gasteiger partial charge in [-0.05, 0) is 85.5 Å². The van der Waals surface area contributed by atoms with Crippen LogP contribution >= 0.6 is 11.6 Å². The smallest absolute Gasteiger partial charge is 0.253 e. The standard InChI is InChI=1S/C27H33ClN4O/c1-30(17-16-20-18-29-31(2)19-20)25-12-6-21(7-13-25)22-8-14-26(15-9-22)32(3)27(33)23-4-10-24(28)11-5-23/h4-7,10-13,18-19,22,26H,8-9,14-17H2,1-3H3. The van der Waals surface area contributed by atoms with Crippen molar-refractivity contribution in [1.29, 1.82) is 0 Å². The number of hydrogen-bond donors (Lipinski definition) is 0. The van der Waals surface area contributed by atoms with Crippen molar-refractivity contribution in [2.24, 2.45) is 7.05 Å². The van der Waals surface area contributed by atoms with Crippen molar-refractivity contribution in [1.82, 2.24) is 14.7 Å². The Bertz CT molecular complexity index is 1050. The third-order valence-corrected chi connectivity index (χ3v) is 7.21. The number of benzene rings is 2. The molecule has 1 aliphatic rings. The summed E-state index contributed by atoms with van der Waals surface area (Å²) in [4.78, 5) is 17.0. The average molecular weight is 465 g/mol. The Labute approximate surface area is 202 Å². The van der Waals surface area contributed by atoms with Crippen molar-refractivity contribution in [2.45, 2.75) is 44.1 Å². The summed E-state index contributed by atoms with van der Waals surface area (Å²) in [5.74, 6) is 0.642. The van der Waals surface area contributed by atoms with E-state index >= 15 is 0 Å². The van der Waals surface area contributed by atoms with Gasteiger partial charge >= 0.3 is 0 Å². The third kappa shape index (κ3) is 5.77. The Morgan fingerprint density at radius 1 is 1.03 bits per heavy atom. The highest BCUT2D eigenvalue weighted by atomic mass is 35.5. The van der Waals surface area contributed by atoms with Crippen LogP contribution in [0.15, 0.2) is 60.9 Å². The molecule has 174 valence electrons. The van der Waals surface area contributed by atoms with Gasteiger partial charge in [-0.1, -0.05) is 23.7 Å². The number of hydrogen-bond acceptors (Lipinski definition) is 3. The van der Waals surface area contributed by atoms with Gasteiger partial charge in [0.1, 0.15) is 0 Å². The van der Waals surface area contributed by atoms with Crippen LogP contribution in [0.3, 0.4) is 0 Å². The Balaban J connectivity index is 1.28. The van der Waals surface area contributed by atoms with Crippen LogP contribution in [0, 0.1) is 0 Å². The van der Waals surface area contributed by atoms with Gasteiger partial charge in [-0.3, -0.25) is 9.48 Å². The van der Waals surface area contributed by atoms with E-state index in [1.165, 1.54) is 16.8 Å². The number of aromatic nitrogens is 2. The molecule has 33 heavy (non-hydrogen) atoms. The fourth-order valence-corrected chi connectivity index (χ4v) is 4.91. The van der Waals surface area contributed by atoms with E-state index in [0.717, 1.165) is 38.6 Å². The molecule has 1 saturated carbocycles. The molecule has 1 heterocycles. The second-order valence-corrected chi connectivity index (χ2v) is 9.65. The summed E-state index contributed by atoms with van der Waals surface area (Å²) >= 11 is 5.96. The second-order valence-electron chi connectivity index (χ2n) is 9.21. The van der Waals surface area contributed by atoms with Crippen LogP contribution in [-0.4, -0.2) is 47.3 Å². The second kappa shape index (κ2) is 10.4. The number of nitrogens with zero attached hydrogens (tertiary/aromatic N) is 4. The molecule has 0 N–H and O–H groups in total. The van der Waals surface area contributed by atoms with Crippen molar-refractivity contribution >= 4 is 23.2 Å². The minimum absolute atomic E-state index is 0.0776. The molecule has 4 rings (SSSR count). The number of carbonyl (C=O) groups is 1. The summed E-state index contributed by atoms with van der Waals surface area (Å²) in [5.41, 5.74) is 4.61. The van der Waals surface area contributed by atoms with Gasteiger partial charge in [-0.25, -0.2) is 0 Å². The number of aryl methyl sites for hydroxylation is 1. The fraction of sp³-hybridized carbons (Fsp3) is 0.407. The average Bonchev–Trinajstić information content (AvgIpc) is 3.27. The lowest BCUT2D eigenvalue weighted by Crippen LogP contribution is -2.39. The van der Waals surface area contributed by atoms with E-state index in [2.05, 4.69) is 47.5 Å². The number of amides is 1. The largest absolute Gasteiger partial charge is 0.374 e. The van der Waals surface area contributed by atoms with Gasteiger partial charge in [-0.15, -0.1) is 0 Å². The van der Waals surface area contributed by atoms with Crippen molar-refractivity contribution in [3.05, 3.63) is 82.6 Å². The van der Waals surface area contributed by atoms with Crippen molar-refractivity contribution in [3.8, 4) is 0 Å². The molecule has 3 aromatic rings. The molecule has 0 unspecified atom stereocenters. The monoisotopic (exact) mass is 464 g/mol. The Morgan fingerprint density at radius 3 is 2.30 bits per heavy atom. The topological polar surface area (TPSA) is 41.4 Å². The zero-order valence-electron chi connectivity index (χ0n) is 19.7. The summed E-state index contributed by atoms with van der Waals surface area (Å²) in [5, 5.41) is 4.90. The summed E-state index contributed by atoms with van der Waals surface area (Å²) in [6.07, 6.45) is 9.29. The van der Waals surface area contributed by atoms with Crippen molar-refractivity contribution in [3.63, 3.8) is 0 Å². The molecule has 1 aliphatic carbocycles. The number of likely N-dealkylation sites (N-methyl/N-ethyl adjacent to an activating group) is 1. The SMILES string of the molecule is CN(CCc1cnn(C)c1)c1ccc(C2CCC(N(C)C(=O)c3ccc(Cl)cc3)CC2)cc1. The Hall–Kier alpha value is -2.79. The maximum absolute atomic E-state index is 12.8. The summed E-state index contributed by atoms with van der Waals surface area (Å²) in [7, 11) is 6.02. The lowest BCUT2D eigenvalue weighted by Gasteiger charge is -2.35. The molecular weight excluding hydrogens is 432 g/mol. The van der Waals surface area contributed by atoms with E-state index in [1.54, 1.807) is 12.1 Å². The van der Waals surface area contributed by atoms with Crippen molar-refractivity contribution in [2.75, 3.05) is 25.5 Å². The minimum Gasteiger partial charge on any atom is -0.374 e. The van der Waals surface area contributed by atoms with Gasteiger partial charge in [0.15, 0.2) is 0 Å². The molecule has 0 bridgehead atoms. The minimum atomic E-state index is 0.0776. The van der Waals surface area contributed by atoms with E-state index in [0.29, 0.717) is 22.5 Å². The highest BCUT2D eigenvalue weighted by Crippen LogP contribution is 2.35. The highest BCUT2D eigenvalue weighted by molar-refractivity contribution is 6.30. The maximum atomic E-state index is 12.8. The summed E-state index contributed by atoms with van der Waals surface area (Å²) in [6, 6.07) is 16.5. The van der Waals surface area contributed by atoms with E-state index in [1.807, 2.05) is 42.0 Å². The van der Waals surface area contributed by atoms with Crippen LogP contribution in [-0.2, 0) is 13.5 Å². The van der Waals surface area contributed by atoms with Gasteiger partial charge in [0, 0.05) is 56.2 Å². The quantitative estimate of drug-likeness (QED) is 0.460. The normalized spacial score (nSPS) is 18.2. The number of rotatable bonds is 7. The van der Waals surface area contributed by atoms with Gasteiger partial charge < -0.3 is 9.80 Å². The van der Waals surface area contributed by atoms with E-state index in [9.17, 15) is 4.79 Å². The lowest BCUT2D eigenvalue weighted by atomic mass is 9.81. The molecule has 2 aromatic carbocycles. The number of halogens is 1. The summed E-state index contributed by atoms with van der Waals surface area (Å²) < 4.78 is 1.85. The fourth-order valence-electron chi connectivity index (χ4n) is 4.79. The molecule has 1 fully saturated rings. The van der Waals surface area contributed by atoms with E-state index in [4.69, 9.17) is 11.6 Å². The van der Waals surface area contributed by atoms with Crippen molar-refractivity contribution < 1.29 is 4.79 Å². The predicted octanol–water partition coefficient (Wildman–Crippen LogP) is 5.55. The van der Waals surface area contributed by atoms with Crippen LogP contribution < -0.4 is 4.90 Å². The predicted molar refractivity (Wildman–Crippen MR) is 135 cm³/mol. The first kappa shape index (κ1) is 23.4. The zero-order valence-corrected chi connectivity index (χ0v) is 20.5. The maximum Gasteiger partial charge on any atom is 0.253 e. The Kier molecular flexibility index (Phi) is 7.39. The molecule has 5 nitrogen and oxygen atoms in total. The lowest BCUT2D eigenvalue weighted by molar-refractivity contribution is 0.0689. The molecule has 1 aromatic heterocycles. The molecule has 0 atom stereocenters.